The van der Waals surface area contributed by atoms with Crippen molar-refractivity contribution >= 4 is 40.2 Å². The van der Waals surface area contributed by atoms with Crippen molar-refractivity contribution in [3.05, 3.63) is 54.1 Å². The van der Waals surface area contributed by atoms with Crippen molar-refractivity contribution in [1.29, 1.82) is 0 Å². The van der Waals surface area contributed by atoms with E-state index in [1.54, 1.807) is 19.2 Å². The third-order valence-corrected chi connectivity index (χ3v) is 4.86. The van der Waals surface area contributed by atoms with Crippen molar-refractivity contribution in [1.82, 2.24) is 10.2 Å². The number of amides is 3. The molecule has 27 heavy (non-hydrogen) atoms. The summed E-state index contributed by atoms with van der Waals surface area (Å²) >= 11 is 0.981. The summed E-state index contributed by atoms with van der Waals surface area (Å²) in [5, 5.41) is 5.70. The molecule has 2 aromatic carbocycles. The van der Waals surface area contributed by atoms with Crippen LogP contribution in [0.15, 0.2) is 48.5 Å². The van der Waals surface area contributed by atoms with Crippen LogP contribution in [0, 0.1) is 0 Å². The Kier molecular flexibility index (Phi) is 5.97. The Bertz CT molecular complexity index is 838. The molecule has 0 atom stereocenters. The zero-order valence-electron chi connectivity index (χ0n) is 14.7. The van der Waals surface area contributed by atoms with Crippen LogP contribution >= 0.6 is 11.8 Å². The van der Waals surface area contributed by atoms with Crippen LogP contribution in [0.1, 0.15) is 10.4 Å². The molecule has 0 unspecified atom stereocenters. The molecule has 0 aromatic heterocycles. The van der Waals surface area contributed by atoms with E-state index in [9.17, 15) is 14.4 Å². The fraction of sp³-hybridized carbons (Fsp3) is 0.211. The van der Waals surface area contributed by atoms with Gasteiger partial charge in [-0.2, -0.15) is 0 Å². The number of ether oxygens (including phenoxy) is 1. The van der Waals surface area contributed by atoms with E-state index < -0.39 is 0 Å². The Morgan fingerprint density at radius 3 is 2.56 bits per heavy atom. The Balaban J connectivity index is 1.62. The van der Waals surface area contributed by atoms with E-state index in [4.69, 9.17) is 4.74 Å². The highest BCUT2D eigenvalue weighted by atomic mass is 32.2. The standard InChI is InChI=1S/C19H19N3O4S/c1-26-14-8-6-13(7-9-14)21-16-5-3-2-4-15(16)18(24)20-10-11-22-17(23)12-27-19(22)25/h2-9,21H,10-12H2,1H3,(H,20,24). The van der Waals surface area contributed by atoms with E-state index in [1.165, 1.54) is 0 Å². The molecular formula is C19H19N3O4S. The van der Waals surface area contributed by atoms with Gasteiger partial charge in [-0.05, 0) is 36.4 Å². The number of rotatable bonds is 7. The second-order valence-electron chi connectivity index (χ2n) is 5.75. The third-order valence-electron chi connectivity index (χ3n) is 4.00. The number of hydrogen-bond acceptors (Lipinski definition) is 6. The van der Waals surface area contributed by atoms with Crippen molar-refractivity contribution in [2.75, 3.05) is 31.3 Å². The van der Waals surface area contributed by atoms with Gasteiger partial charge in [0.1, 0.15) is 5.75 Å². The molecular weight excluding hydrogens is 366 g/mol. The maximum atomic E-state index is 12.5. The number of nitrogens with one attached hydrogen (secondary N) is 2. The van der Waals surface area contributed by atoms with Crippen LogP contribution in [0.5, 0.6) is 5.75 Å². The molecule has 2 N–H and O–H groups in total. The average Bonchev–Trinajstić information content (AvgIpc) is 3.01. The lowest BCUT2D eigenvalue weighted by atomic mass is 10.1. The number of nitrogens with zero attached hydrogens (tertiary/aromatic N) is 1. The zero-order chi connectivity index (χ0) is 19.2. The maximum Gasteiger partial charge on any atom is 0.288 e. The highest BCUT2D eigenvalue weighted by Gasteiger charge is 2.29. The van der Waals surface area contributed by atoms with Crippen molar-refractivity contribution in [3.8, 4) is 5.75 Å². The summed E-state index contributed by atoms with van der Waals surface area (Å²) in [7, 11) is 1.60. The second kappa shape index (κ2) is 8.59. The Morgan fingerprint density at radius 2 is 1.89 bits per heavy atom. The topological polar surface area (TPSA) is 87.7 Å². The quantitative estimate of drug-likeness (QED) is 0.762. The van der Waals surface area contributed by atoms with Gasteiger partial charge in [0.05, 0.1) is 24.1 Å². The first-order valence-electron chi connectivity index (χ1n) is 8.34. The minimum Gasteiger partial charge on any atom is -0.497 e. The minimum absolute atomic E-state index is 0.168. The van der Waals surface area contributed by atoms with Crippen LogP contribution in [0.3, 0.4) is 0 Å². The molecule has 140 valence electrons. The number of hydrogen-bond donors (Lipinski definition) is 2. The number of anilines is 2. The molecule has 1 saturated heterocycles. The third kappa shape index (κ3) is 4.59. The molecule has 1 fully saturated rings. The predicted molar refractivity (Wildman–Crippen MR) is 105 cm³/mol. The Labute approximate surface area is 161 Å². The van der Waals surface area contributed by atoms with Gasteiger partial charge < -0.3 is 15.4 Å². The lowest BCUT2D eigenvalue weighted by molar-refractivity contribution is -0.124. The summed E-state index contributed by atoms with van der Waals surface area (Å²) in [4.78, 5) is 36.8. The zero-order valence-corrected chi connectivity index (χ0v) is 15.5. The van der Waals surface area contributed by atoms with Gasteiger partial charge in [-0.3, -0.25) is 19.3 Å². The number of thioether (sulfide) groups is 1. The fourth-order valence-electron chi connectivity index (χ4n) is 2.59. The Morgan fingerprint density at radius 1 is 1.15 bits per heavy atom. The predicted octanol–water partition coefficient (Wildman–Crippen LogP) is 2.86. The first kappa shape index (κ1) is 18.8. The fourth-order valence-corrected chi connectivity index (χ4v) is 3.35. The molecule has 3 rings (SSSR count). The van der Waals surface area contributed by atoms with Crippen molar-refractivity contribution in [3.63, 3.8) is 0 Å². The summed E-state index contributed by atoms with van der Waals surface area (Å²) in [5.41, 5.74) is 1.95. The summed E-state index contributed by atoms with van der Waals surface area (Å²) in [6, 6.07) is 14.5. The Hall–Kier alpha value is -3.00. The smallest absolute Gasteiger partial charge is 0.288 e. The van der Waals surface area contributed by atoms with Crippen LogP contribution in [0.4, 0.5) is 16.2 Å². The summed E-state index contributed by atoms with van der Waals surface area (Å²) < 4.78 is 5.14. The van der Waals surface area contributed by atoms with Crippen LogP contribution < -0.4 is 15.4 Å². The number of carbonyl (C=O) groups excluding carboxylic acids is 3. The number of imide groups is 1. The molecule has 0 radical (unpaired) electrons. The van der Waals surface area contributed by atoms with Gasteiger partial charge in [0.15, 0.2) is 0 Å². The highest BCUT2D eigenvalue weighted by molar-refractivity contribution is 8.14. The van der Waals surface area contributed by atoms with E-state index in [2.05, 4.69) is 10.6 Å². The van der Waals surface area contributed by atoms with E-state index in [-0.39, 0.29) is 35.9 Å². The number of carbonyl (C=O) groups is 3. The molecule has 0 spiro atoms. The minimum atomic E-state index is -0.279. The second-order valence-corrected chi connectivity index (χ2v) is 6.68. The van der Waals surface area contributed by atoms with Crippen LogP contribution in [-0.4, -0.2) is 47.9 Å². The number of methoxy groups -OCH3 is 1. The van der Waals surface area contributed by atoms with Crippen LogP contribution in [0.25, 0.3) is 0 Å². The van der Waals surface area contributed by atoms with Crippen LogP contribution in [-0.2, 0) is 4.79 Å². The van der Waals surface area contributed by atoms with Crippen molar-refractivity contribution < 1.29 is 19.1 Å². The largest absolute Gasteiger partial charge is 0.497 e. The van der Waals surface area contributed by atoms with Crippen molar-refractivity contribution in [2.24, 2.45) is 0 Å². The molecule has 1 aliphatic heterocycles. The van der Waals surface area contributed by atoms with Crippen molar-refractivity contribution in [2.45, 2.75) is 0 Å². The van der Waals surface area contributed by atoms with Gasteiger partial charge in [0.25, 0.3) is 11.1 Å². The monoisotopic (exact) mass is 385 g/mol. The van der Waals surface area contributed by atoms with Gasteiger partial charge in [-0.25, -0.2) is 0 Å². The normalized spacial score (nSPS) is 13.6. The molecule has 0 saturated carbocycles. The summed E-state index contributed by atoms with van der Waals surface area (Å²) in [6.45, 7) is 0.373. The van der Waals surface area contributed by atoms with Gasteiger partial charge >= 0.3 is 0 Å². The summed E-state index contributed by atoms with van der Waals surface area (Å²) in [5.74, 6) is 0.413. The lowest BCUT2D eigenvalue weighted by Crippen LogP contribution is -2.37. The molecule has 7 nitrogen and oxygen atoms in total. The molecule has 0 bridgehead atoms. The highest BCUT2D eigenvalue weighted by Crippen LogP contribution is 2.23. The van der Waals surface area contributed by atoms with Gasteiger partial charge in [0.2, 0.25) is 5.91 Å². The van der Waals surface area contributed by atoms with E-state index in [1.807, 2.05) is 36.4 Å². The molecule has 2 aromatic rings. The molecule has 1 heterocycles. The molecule has 1 aliphatic rings. The number of para-hydroxylation sites is 1. The number of benzene rings is 2. The van der Waals surface area contributed by atoms with E-state index >= 15 is 0 Å². The van der Waals surface area contributed by atoms with Gasteiger partial charge in [-0.1, -0.05) is 23.9 Å². The first-order valence-corrected chi connectivity index (χ1v) is 9.32. The molecule has 0 aliphatic carbocycles. The summed E-state index contributed by atoms with van der Waals surface area (Å²) in [6.07, 6.45) is 0. The van der Waals surface area contributed by atoms with E-state index in [0.29, 0.717) is 11.3 Å². The van der Waals surface area contributed by atoms with Gasteiger partial charge in [-0.15, -0.1) is 0 Å². The van der Waals surface area contributed by atoms with E-state index in [0.717, 1.165) is 28.1 Å². The lowest BCUT2D eigenvalue weighted by Gasteiger charge is -2.15. The molecule has 8 heteroatoms. The van der Waals surface area contributed by atoms with Gasteiger partial charge in [0, 0.05) is 18.8 Å². The van der Waals surface area contributed by atoms with Crippen LogP contribution in [0.2, 0.25) is 0 Å². The average molecular weight is 385 g/mol. The SMILES string of the molecule is COc1ccc(Nc2ccccc2C(=O)NCCN2C(=O)CSC2=O)cc1. The molecule has 3 amide bonds. The first-order chi connectivity index (χ1) is 13.1. The maximum absolute atomic E-state index is 12.5.